The van der Waals surface area contributed by atoms with E-state index in [-0.39, 0.29) is 0 Å². The van der Waals surface area contributed by atoms with Crippen LogP contribution in [-0.2, 0) is 6.42 Å². The molecule has 0 aliphatic heterocycles. The van der Waals surface area contributed by atoms with E-state index in [1.807, 2.05) is 12.3 Å². The van der Waals surface area contributed by atoms with Crippen LogP contribution in [0.3, 0.4) is 0 Å². The van der Waals surface area contributed by atoms with Gasteiger partial charge in [0.25, 0.3) is 0 Å². The number of benzene rings is 2. The van der Waals surface area contributed by atoms with Gasteiger partial charge in [-0.25, -0.2) is 4.98 Å². The molecule has 142 valence electrons. The molecular formula is C26H22N2O. The first-order chi connectivity index (χ1) is 14.4. The predicted molar refractivity (Wildman–Crippen MR) is 118 cm³/mol. The van der Waals surface area contributed by atoms with Crippen molar-refractivity contribution in [1.29, 1.82) is 0 Å². The van der Waals surface area contributed by atoms with Crippen molar-refractivity contribution in [1.82, 2.24) is 9.97 Å². The number of aromatic nitrogens is 2. The van der Waals surface area contributed by atoms with Gasteiger partial charge in [0, 0.05) is 28.7 Å². The van der Waals surface area contributed by atoms with Crippen molar-refractivity contribution in [2.75, 3.05) is 0 Å². The van der Waals surface area contributed by atoms with Gasteiger partial charge in [-0.2, -0.15) is 0 Å². The number of pyridine rings is 2. The van der Waals surface area contributed by atoms with E-state index in [2.05, 4.69) is 53.5 Å². The molecule has 3 aromatic heterocycles. The molecule has 1 aliphatic rings. The summed E-state index contributed by atoms with van der Waals surface area (Å²) in [7, 11) is 0. The van der Waals surface area contributed by atoms with E-state index in [0.29, 0.717) is 5.71 Å². The fraction of sp³-hybridized carbons (Fsp3) is 0.231. The zero-order chi connectivity index (χ0) is 19.2. The fourth-order valence-electron chi connectivity index (χ4n) is 4.95. The number of fused-ring (bicyclic) bond motifs is 5. The molecule has 0 saturated heterocycles. The highest BCUT2D eigenvalue weighted by Crippen LogP contribution is 2.40. The molecule has 3 heteroatoms. The van der Waals surface area contributed by atoms with Gasteiger partial charge in [0.1, 0.15) is 5.58 Å². The molecule has 3 heterocycles. The fourth-order valence-corrected chi connectivity index (χ4v) is 4.95. The minimum absolute atomic E-state index is 0.683. The Labute approximate surface area is 169 Å². The zero-order valence-corrected chi connectivity index (χ0v) is 16.3. The number of rotatable bonds is 3. The Hall–Kier alpha value is -3.20. The second kappa shape index (κ2) is 6.70. The minimum Gasteiger partial charge on any atom is -0.437 e. The van der Waals surface area contributed by atoms with Crippen molar-refractivity contribution in [2.45, 2.75) is 32.1 Å². The van der Waals surface area contributed by atoms with Crippen LogP contribution in [-0.4, -0.2) is 9.97 Å². The summed E-state index contributed by atoms with van der Waals surface area (Å²) < 4.78 is 6.27. The van der Waals surface area contributed by atoms with Gasteiger partial charge in [-0.05, 0) is 59.0 Å². The van der Waals surface area contributed by atoms with Crippen LogP contribution in [0.4, 0.5) is 0 Å². The van der Waals surface area contributed by atoms with E-state index < -0.39 is 0 Å². The Balaban J connectivity index is 1.59. The molecule has 6 rings (SSSR count). The molecule has 29 heavy (non-hydrogen) atoms. The first kappa shape index (κ1) is 16.7. The van der Waals surface area contributed by atoms with Crippen LogP contribution in [0.2, 0.25) is 0 Å². The van der Waals surface area contributed by atoms with Crippen molar-refractivity contribution in [2.24, 2.45) is 5.92 Å². The molecule has 3 nitrogen and oxygen atoms in total. The topological polar surface area (TPSA) is 38.9 Å². The molecule has 0 unspecified atom stereocenters. The highest BCUT2D eigenvalue weighted by molar-refractivity contribution is 6.21. The molecule has 0 bridgehead atoms. The summed E-state index contributed by atoms with van der Waals surface area (Å²) >= 11 is 0. The van der Waals surface area contributed by atoms with Crippen LogP contribution >= 0.6 is 0 Å². The summed E-state index contributed by atoms with van der Waals surface area (Å²) in [6.45, 7) is 0. The van der Waals surface area contributed by atoms with Gasteiger partial charge in [0.15, 0.2) is 0 Å². The standard InChI is InChI=1S/C26H22N2O/c1-2-7-17(6-1)14-18-11-13-27-23(15-18)22-16-19-8-3-4-9-20(19)24-21-10-5-12-28-26(21)29-25(22)24/h3-5,8-13,15-17H,1-2,6-7,14H2. The lowest BCUT2D eigenvalue weighted by atomic mass is 9.95. The maximum atomic E-state index is 6.27. The van der Waals surface area contributed by atoms with Gasteiger partial charge in [-0.3, -0.25) is 4.98 Å². The van der Waals surface area contributed by atoms with Gasteiger partial charge < -0.3 is 4.42 Å². The number of hydrogen-bond acceptors (Lipinski definition) is 3. The van der Waals surface area contributed by atoms with E-state index in [1.165, 1.54) is 42.0 Å². The maximum absolute atomic E-state index is 6.27. The average Bonchev–Trinajstić information content (AvgIpc) is 3.41. The maximum Gasteiger partial charge on any atom is 0.227 e. The summed E-state index contributed by atoms with van der Waals surface area (Å²) in [4.78, 5) is 9.19. The zero-order valence-electron chi connectivity index (χ0n) is 16.3. The molecule has 1 saturated carbocycles. The lowest BCUT2D eigenvalue weighted by molar-refractivity contribution is 0.546. The van der Waals surface area contributed by atoms with E-state index in [4.69, 9.17) is 9.40 Å². The van der Waals surface area contributed by atoms with E-state index in [0.717, 1.165) is 40.0 Å². The molecule has 2 aromatic carbocycles. The van der Waals surface area contributed by atoms with Gasteiger partial charge in [0.2, 0.25) is 5.71 Å². The number of hydrogen-bond donors (Lipinski definition) is 0. The molecule has 5 aromatic rings. The Kier molecular flexibility index (Phi) is 3.86. The third kappa shape index (κ3) is 2.80. The van der Waals surface area contributed by atoms with E-state index >= 15 is 0 Å². The molecule has 0 radical (unpaired) electrons. The van der Waals surface area contributed by atoms with Gasteiger partial charge in [-0.15, -0.1) is 0 Å². The van der Waals surface area contributed by atoms with E-state index in [1.54, 1.807) is 6.20 Å². The third-order valence-electron chi connectivity index (χ3n) is 6.34. The summed E-state index contributed by atoms with van der Waals surface area (Å²) in [5, 5.41) is 4.58. The second-order valence-electron chi connectivity index (χ2n) is 8.21. The van der Waals surface area contributed by atoms with Crippen LogP contribution < -0.4 is 0 Å². The van der Waals surface area contributed by atoms with Crippen molar-refractivity contribution in [3.05, 3.63) is 72.6 Å². The summed E-state index contributed by atoms with van der Waals surface area (Å²) in [6, 6.07) is 19.2. The monoisotopic (exact) mass is 378 g/mol. The smallest absolute Gasteiger partial charge is 0.227 e. The molecule has 0 atom stereocenters. The minimum atomic E-state index is 0.683. The molecule has 1 aliphatic carbocycles. The van der Waals surface area contributed by atoms with Crippen molar-refractivity contribution in [3.63, 3.8) is 0 Å². The molecule has 1 fully saturated rings. The lowest BCUT2D eigenvalue weighted by Gasteiger charge is -2.11. The summed E-state index contributed by atoms with van der Waals surface area (Å²) in [5.41, 5.74) is 4.96. The first-order valence-corrected chi connectivity index (χ1v) is 10.5. The normalized spacial score (nSPS) is 15.0. The Bertz CT molecular complexity index is 1350. The van der Waals surface area contributed by atoms with Crippen molar-refractivity contribution < 1.29 is 4.42 Å². The third-order valence-corrected chi connectivity index (χ3v) is 6.34. The van der Waals surface area contributed by atoms with Crippen molar-refractivity contribution in [3.8, 4) is 11.3 Å². The number of nitrogens with zero attached hydrogens (tertiary/aromatic N) is 2. The highest BCUT2D eigenvalue weighted by atomic mass is 16.3. The average molecular weight is 378 g/mol. The molecule has 0 spiro atoms. The van der Waals surface area contributed by atoms with Gasteiger partial charge in [-0.1, -0.05) is 49.9 Å². The van der Waals surface area contributed by atoms with Crippen LogP contribution in [0.1, 0.15) is 31.2 Å². The largest absolute Gasteiger partial charge is 0.437 e. The van der Waals surface area contributed by atoms with Crippen molar-refractivity contribution >= 4 is 32.8 Å². The van der Waals surface area contributed by atoms with E-state index in [9.17, 15) is 0 Å². The first-order valence-electron chi connectivity index (χ1n) is 10.5. The predicted octanol–water partition coefficient (Wildman–Crippen LogP) is 6.93. The molecular weight excluding hydrogens is 356 g/mol. The summed E-state index contributed by atoms with van der Waals surface area (Å²) in [6.07, 6.45) is 10.3. The Morgan fingerprint density at radius 2 is 1.72 bits per heavy atom. The highest BCUT2D eigenvalue weighted by Gasteiger charge is 2.19. The summed E-state index contributed by atoms with van der Waals surface area (Å²) in [5.74, 6) is 0.817. The van der Waals surface area contributed by atoms with Gasteiger partial charge in [0.05, 0.1) is 5.69 Å². The second-order valence-corrected chi connectivity index (χ2v) is 8.21. The van der Waals surface area contributed by atoms with Gasteiger partial charge >= 0.3 is 0 Å². The van der Waals surface area contributed by atoms with Crippen LogP contribution in [0, 0.1) is 5.92 Å². The van der Waals surface area contributed by atoms with Crippen LogP contribution in [0.15, 0.2) is 71.4 Å². The molecule has 0 N–H and O–H groups in total. The quantitative estimate of drug-likeness (QED) is 0.342. The lowest BCUT2D eigenvalue weighted by Crippen LogP contribution is -1.99. The van der Waals surface area contributed by atoms with Crippen LogP contribution in [0.5, 0.6) is 0 Å². The molecule has 0 amide bonds. The Morgan fingerprint density at radius 1 is 0.862 bits per heavy atom. The van der Waals surface area contributed by atoms with Crippen LogP contribution in [0.25, 0.3) is 44.1 Å². The Morgan fingerprint density at radius 3 is 2.66 bits per heavy atom. The SMILES string of the molecule is c1ccc2c(c1)cc(-c1cc(CC3CCCC3)ccn1)c1oc3ncccc3c12. The number of furan rings is 1.